The van der Waals surface area contributed by atoms with E-state index in [0.29, 0.717) is 0 Å². The maximum Gasteiger partial charge on any atom is 0.0771 e. The van der Waals surface area contributed by atoms with Crippen molar-refractivity contribution in [2.24, 2.45) is 0 Å². The van der Waals surface area contributed by atoms with Gasteiger partial charge in [0, 0.05) is 32.4 Å². The first kappa shape index (κ1) is 12.9. The highest BCUT2D eigenvalue weighted by molar-refractivity contribution is 5.58. The fraction of sp³-hybridized carbons (Fsp3) is 0.625. The lowest BCUT2D eigenvalue weighted by molar-refractivity contribution is 0.0475. The van der Waals surface area contributed by atoms with Gasteiger partial charge in [-0.15, -0.1) is 0 Å². The molecule has 1 fully saturated rings. The number of likely N-dealkylation sites (N-methyl/N-ethyl adjacent to an activating group) is 1. The van der Waals surface area contributed by atoms with E-state index in [4.69, 9.17) is 0 Å². The standard InChI is InChI=1S/C16H24N2O/c1-18-9-6-14-10-13(4-5-15(14)18)11-17-12-16(19)7-2-3-8-16/h4-5,10,17,19H,2-3,6-9,11-12H2,1H3. The second-order valence-corrected chi connectivity index (χ2v) is 6.17. The molecule has 104 valence electrons. The van der Waals surface area contributed by atoms with Crippen LogP contribution in [0.15, 0.2) is 18.2 Å². The predicted molar refractivity (Wildman–Crippen MR) is 78.5 cm³/mol. The molecule has 0 spiro atoms. The molecule has 1 heterocycles. The third-order valence-electron chi connectivity index (χ3n) is 4.59. The van der Waals surface area contributed by atoms with Gasteiger partial charge >= 0.3 is 0 Å². The van der Waals surface area contributed by atoms with Crippen molar-refractivity contribution >= 4 is 5.69 Å². The molecule has 1 aromatic rings. The molecule has 0 radical (unpaired) electrons. The van der Waals surface area contributed by atoms with Crippen LogP contribution < -0.4 is 10.2 Å². The highest BCUT2D eigenvalue weighted by Gasteiger charge is 2.30. The van der Waals surface area contributed by atoms with Crippen LogP contribution in [0.1, 0.15) is 36.8 Å². The summed E-state index contributed by atoms with van der Waals surface area (Å²) in [6.07, 6.45) is 5.40. The first-order valence-corrected chi connectivity index (χ1v) is 7.42. The summed E-state index contributed by atoms with van der Waals surface area (Å²) in [5.74, 6) is 0. The van der Waals surface area contributed by atoms with Gasteiger partial charge in [-0.05, 0) is 36.5 Å². The molecule has 1 aromatic carbocycles. The van der Waals surface area contributed by atoms with E-state index in [1.165, 1.54) is 29.7 Å². The monoisotopic (exact) mass is 260 g/mol. The van der Waals surface area contributed by atoms with Gasteiger partial charge in [-0.2, -0.15) is 0 Å². The van der Waals surface area contributed by atoms with Gasteiger partial charge < -0.3 is 15.3 Å². The Kier molecular flexibility index (Phi) is 3.50. The summed E-state index contributed by atoms with van der Waals surface area (Å²) in [5, 5.41) is 13.7. The maximum absolute atomic E-state index is 10.3. The minimum Gasteiger partial charge on any atom is -0.389 e. The van der Waals surface area contributed by atoms with E-state index in [9.17, 15) is 5.11 Å². The number of hydrogen-bond donors (Lipinski definition) is 2. The number of hydrogen-bond acceptors (Lipinski definition) is 3. The normalized spacial score (nSPS) is 20.8. The van der Waals surface area contributed by atoms with Gasteiger partial charge in [-0.1, -0.05) is 25.0 Å². The molecular weight excluding hydrogens is 236 g/mol. The van der Waals surface area contributed by atoms with Gasteiger partial charge in [0.15, 0.2) is 0 Å². The van der Waals surface area contributed by atoms with Gasteiger partial charge in [-0.3, -0.25) is 0 Å². The fourth-order valence-corrected chi connectivity index (χ4v) is 3.38. The molecule has 0 bridgehead atoms. The van der Waals surface area contributed by atoms with Crippen LogP contribution in [0.5, 0.6) is 0 Å². The summed E-state index contributed by atoms with van der Waals surface area (Å²) in [7, 11) is 2.15. The Bertz CT molecular complexity index is 452. The van der Waals surface area contributed by atoms with Gasteiger partial charge in [0.25, 0.3) is 0 Å². The van der Waals surface area contributed by atoms with Crippen LogP contribution in [-0.4, -0.2) is 30.8 Å². The Balaban J connectivity index is 1.56. The van der Waals surface area contributed by atoms with Crippen molar-refractivity contribution in [2.45, 2.75) is 44.2 Å². The quantitative estimate of drug-likeness (QED) is 0.870. The minimum atomic E-state index is -0.447. The summed E-state index contributed by atoms with van der Waals surface area (Å²) in [6.45, 7) is 2.72. The Hall–Kier alpha value is -1.06. The first-order chi connectivity index (χ1) is 9.16. The number of anilines is 1. The molecule has 0 atom stereocenters. The molecule has 1 aliphatic carbocycles. The van der Waals surface area contributed by atoms with Crippen molar-refractivity contribution in [3.8, 4) is 0 Å². The average Bonchev–Trinajstić information content (AvgIpc) is 2.97. The summed E-state index contributed by atoms with van der Waals surface area (Å²) in [6, 6.07) is 6.74. The molecular formula is C16H24N2O. The molecule has 0 amide bonds. The zero-order valence-electron chi connectivity index (χ0n) is 11.8. The summed E-state index contributed by atoms with van der Waals surface area (Å²) in [4.78, 5) is 2.31. The van der Waals surface area contributed by atoms with Crippen molar-refractivity contribution < 1.29 is 5.11 Å². The van der Waals surface area contributed by atoms with Gasteiger partial charge in [-0.25, -0.2) is 0 Å². The van der Waals surface area contributed by atoms with Gasteiger partial charge in [0.1, 0.15) is 0 Å². The summed E-state index contributed by atoms with van der Waals surface area (Å²) >= 11 is 0. The number of nitrogens with one attached hydrogen (secondary N) is 1. The van der Waals surface area contributed by atoms with E-state index in [1.54, 1.807) is 0 Å². The second-order valence-electron chi connectivity index (χ2n) is 6.17. The van der Waals surface area contributed by atoms with Crippen LogP contribution in [-0.2, 0) is 13.0 Å². The Morgan fingerprint density at radius 3 is 2.89 bits per heavy atom. The van der Waals surface area contributed by atoms with Crippen molar-refractivity contribution in [1.82, 2.24) is 5.32 Å². The number of rotatable bonds is 4. The molecule has 19 heavy (non-hydrogen) atoms. The lowest BCUT2D eigenvalue weighted by Gasteiger charge is -2.22. The highest BCUT2D eigenvalue weighted by atomic mass is 16.3. The Morgan fingerprint density at radius 2 is 2.11 bits per heavy atom. The van der Waals surface area contributed by atoms with Gasteiger partial charge in [0.05, 0.1) is 5.60 Å². The topological polar surface area (TPSA) is 35.5 Å². The number of fused-ring (bicyclic) bond motifs is 1. The third-order valence-corrected chi connectivity index (χ3v) is 4.59. The molecule has 2 aliphatic rings. The van der Waals surface area contributed by atoms with E-state index >= 15 is 0 Å². The molecule has 1 aliphatic heterocycles. The molecule has 2 N–H and O–H groups in total. The Morgan fingerprint density at radius 1 is 1.32 bits per heavy atom. The first-order valence-electron chi connectivity index (χ1n) is 7.42. The van der Waals surface area contributed by atoms with E-state index in [2.05, 4.69) is 35.5 Å². The van der Waals surface area contributed by atoms with Crippen molar-refractivity contribution in [1.29, 1.82) is 0 Å². The SMILES string of the molecule is CN1CCc2cc(CNCC3(O)CCCC3)ccc21. The molecule has 0 aromatic heterocycles. The zero-order chi connectivity index (χ0) is 13.3. The molecule has 0 unspecified atom stereocenters. The van der Waals surface area contributed by atoms with Crippen LogP contribution in [0.2, 0.25) is 0 Å². The molecule has 1 saturated carbocycles. The summed E-state index contributed by atoms with van der Waals surface area (Å²) in [5.41, 5.74) is 3.71. The van der Waals surface area contributed by atoms with E-state index < -0.39 is 5.60 Å². The summed E-state index contributed by atoms with van der Waals surface area (Å²) < 4.78 is 0. The molecule has 3 nitrogen and oxygen atoms in total. The zero-order valence-corrected chi connectivity index (χ0v) is 11.8. The van der Waals surface area contributed by atoms with Crippen molar-refractivity contribution in [3.05, 3.63) is 29.3 Å². The van der Waals surface area contributed by atoms with E-state index in [-0.39, 0.29) is 0 Å². The third kappa shape index (κ3) is 2.77. The largest absolute Gasteiger partial charge is 0.389 e. The lowest BCUT2D eigenvalue weighted by atomic mass is 10.0. The lowest BCUT2D eigenvalue weighted by Crippen LogP contribution is -2.37. The second kappa shape index (κ2) is 5.14. The van der Waals surface area contributed by atoms with Crippen LogP contribution >= 0.6 is 0 Å². The maximum atomic E-state index is 10.3. The van der Waals surface area contributed by atoms with Crippen LogP contribution in [0.3, 0.4) is 0 Å². The van der Waals surface area contributed by atoms with Crippen LogP contribution in [0.4, 0.5) is 5.69 Å². The molecule has 3 rings (SSSR count). The minimum absolute atomic E-state index is 0.447. The predicted octanol–water partition coefficient (Wildman–Crippen LogP) is 2.07. The smallest absolute Gasteiger partial charge is 0.0771 e. The molecule has 0 saturated heterocycles. The fourth-order valence-electron chi connectivity index (χ4n) is 3.38. The molecule has 3 heteroatoms. The van der Waals surface area contributed by atoms with Crippen LogP contribution in [0.25, 0.3) is 0 Å². The van der Waals surface area contributed by atoms with Gasteiger partial charge in [0.2, 0.25) is 0 Å². The van der Waals surface area contributed by atoms with E-state index in [0.717, 1.165) is 38.9 Å². The van der Waals surface area contributed by atoms with Crippen molar-refractivity contribution in [3.63, 3.8) is 0 Å². The average molecular weight is 260 g/mol. The van der Waals surface area contributed by atoms with Crippen molar-refractivity contribution in [2.75, 3.05) is 25.0 Å². The van der Waals surface area contributed by atoms with Crippen LogP contribution in [0, 0.1) is 0 Å². The number of aliphatic hydroxyl groups is 1. The Labute approximate surface area is 115 Å². The number of benzene rings is 1. The highest BCUT2D eigenvalue weighted by Crippen LogP contribution is 2.29. The van der Waals surface area contributed by atoms with E-state index in [1.807, 2.05) is 0 Å². The number of nitrogens with zero attached hydrogens (tertiary/aromatic N) is 1.